The molecule has 0 fully saturated rings. The highest BCUT2D eigenvalue weighted by atomic mass is 35.5. The van der Waals surface area contributed by atoms with E-state index < -0.39 is 6.09 Å². The summed E-state index contributed by atoms with van der Waals surface area (Å²) in [6, 6.07) is 13.1. The van der Waals surface area contributed by atoms with Crippen molar-refractivity contribution in [2.45, 2.75) is 20.8 Å². The first-order valence-electron chi connectivity index (χ1n) is 8.54. The van der Waals surface area contributed by atoms with E-state index >= 15 is 0 Å². The molecule has 0 aliphatic heterocycles. The smallest absolute Gasteiger partial charge is 0.390 e. The average molecular weight is 370 g/mol. The fourth-order valence-corrected chi connectivity index (χ4v) is 3.09. The molecule has 0 radical (unpaired) electrons. The SMILES string of the molecule is CCN(CC)C(=O)Oc1nc(-c2c(C)cccc2Cl)nc2ccccc12. The fourth-order valence-electron chi connectivity index (χ4n) is 2.78. The van der Waals surface area contributed by atoms with Gasteiger partial charge in [-0.15, -0.1) is 0 Å². The van der Waals surface area contributed by atoms with Crippen LogP contribution in [0.3, 0.4) is 0 Å². The van der Waals surface area contributed by atoms with Gasteiger partial charge in [0.15, 0.2) is 5.82 Å². The molecular weight excluding hydrogens is 350 g/mol. The van der Waals surface area contributed by atoms with E-state index in [2.05, 4.69) is 9.97 Å². The lowest BCUT2D eigenvalue weighted by Crippen LogP contribution is -2.33. The summed E-state index contributed by atoms with van der Waals surface area (Å²) in [6.07, 6.45) is -0.430. The Kier molecular flexibility index (Phi) is 5.38. The van der Waals surface area contributed by atoms with Gasteiger partial charge in [0.25, 0.3) is 0 Å². The molecule has 0 saturated heterocycles. The molecule has 0 bridgehead atoms. The van der Waals surface area contributed by atoms with Gasteiger partial charge < -0.3 is 9.64 Å². The number of aryl methyl sites for hydroxylation is 1. The minimum Gasteiger partial charge on any atom is -0.390 e. The van der Waals surface area contributed by atoms with E-state index in [-0.39, 0.29) is 5.88 Å². The van der Waals surface area contributed by atoms with Crippen LogP contribution in [0.5, 0.6) is 5.88 Å². The lowest BCUT2D eigenvalue weighted by Gasteiger charge is -2.18. The number of amides is 1. The van der Waals surface area contributed by atoms with Crippen molar-refractivity contribution >= 4 is 28.6 Å². The maximum atomic E-state index is 12.4. The maximum absolute atomic E-state index is 12.4. The quantitative estimate of drug-likeness (QED) is 0.642. The summed E-state index contributed by atoms with van der Waals surface area (Å²) in [5.74, 6) is 0.677. The van der Waals surface area contributed by atoms with Crippen LogP contribution in [0, 0.1) is 6.92 Å². The van der Waals surface area contributed by atoms with Gasteiger partial charge in [0, 0.05) is 18.7 Å². The van der Waals surface area contributed by atoms with Gasteiger partial charge in [-0.05, 0) is 44.5 Å². The number of nitrogens with zero attached hydrogens (tertiary/aromatic N) is 3. The molecular formula is C20H20ClN3O2. The van der Waals surface area contributed by atoms with Gasteiger partial charge >= 0.3 is 6.09 Å². The lowest BCUT2D eigenvalue weighted by atomic mass is 10.1. The van der Waals surface area contributed by atoms with Gasteiger partial charge in [-0.1, -0.05) is 35.9 Å². The fraction of sp³-hybridized carbons (Fsp3) is 0.250. The Balaban J connectivity index is 2.15. The van der Waals surface area contributed by atoms with Crippen molar-refractivity contribution in [3.05, 3.63) is 53.1 Å². The van der Waals surface area contributed by atoms with Crippen LogP contribution in [0.25, 0.3) is 22.3 Å². The van der Waals surface area contributed by atoms with E-state index in [0.29, 0.717) is 34.8 Å². The monoisotopic (exact) mass is 369 g/mol. The van der Waals surface area contributed by atoms with Crippen molar-refractivity contribution in [1.29, 1.82) is 0 Å². The normalized spacial score (nSPS) is 10.8. The highest BCUT2D eigenvalue weighted by molar-refractivity contribution is 6.33. The van der Waals surface area contributed by atoms with Crippen molar-refractivity contribution < 1.29 is 9.53 Å². The Labute approximate surface area is 157 Å². The minimum absolute atomic E-state index is 0.238. The maximum Gasteiger partial charge on any atom is 0.416 e. The third kappa shape index (κ3) is 3.48. The third-order valence-corrected chi connectivity index (χ3v) is 4.53. The van der Waals surface area contributed by atoms with Gasteiger partial charge in [-0.3, -0.25) is 0 Å². The molecule has 3 rings (SSSR count). The number of carbonyl (C=O) groups excluding carboxylic acids is 1. The molecule has 2 aromatic carbocycles. The van der Waals surface area contributed by atoms with Gasteiger partial charge in [-0.25, -0.2) is 9.78 Å². The van der Waals surface area contributed by atoms with E-state index in [1.54, 1.807) is 11.0 Å². The van der Waals surface area contributed by atoms with Crippen molar-refractivity contribution in [1.82, 2.24) is 14.9 Å². The second kappa shape index (κ2) is 7.70. The van der Waals surface area contributed by atoms with E-state index in [0.717, 1.165) is 11.1 Å². The molecule has 3 aromatic rings. The first-order valence-corrected chi connectivity index (χ1v) is 8.92. The van der Waals surface area contributed by atoms with Crippen LogP contribution in [-0.2, 0) is 0 Å². The Hall–Kier alpha value is -2.66. The minimum atomic E-state index is -0.430. The average Bonchev–Trinajstić information content (AvgIpc) is 2.62. The molecule has 1 heterocycles. The van der Waals surface area contributed by atoms with Crippen LogP contribution in [0.2, 0.25) is 5.02 Å². The summed E-state index contributed by atoms with van der Waals surface area (Å²) < 4.78 is 5.61. The number of hydrogen-bond acceptors (Lipinski definition) is 4. The molecule has 0 aliphatic carbocycles. The first kappa shape index (κ1) is 18.1. The zero-order valence-corrected chi connectivity index (χ0v) is 15.7. The Bertz CT molecular complexity index is 935. The summed E-state index contributed by atoms with van der Waals surface area (Å²) in [4.78, 5) is 23.2. The molecule has 0 atom stereocenters. The molecule has 0 unspecified atom stereocenters. The highest BCUT2D eigenvalue weighted by Gasteiger charge is 2.18. The van der Waals surface area contributed by atoms with Crippen molar-refractivity contribution in [2.24, 2.45) is 0 Å². The predicted molar refractivity (Wildman–Crippen MR) is 104 cm³/mol. The number of hydrogen-bond donors (Lipinski definition) is 0. The Morgan fingerprint density at radius 2 is 1.81 bits per heavy atom. The van der Waals surface area contributed by atoms with E-state index in [4.69, 9.17) is 16.3 Å². The Morgan fingerprint density at radius 1 is 1.08 bits per heavy atom. The van der Waals surface area contributed by atoms with Gasteiger partial charge in [0.1, 0.15) is 0 Å². The number of para-hydroxylation sites is 1. The summed E-state index contributed by atoms with van der Waals surface area (Å²) in [6.45, 7) is 6.88. The number of aromatic nitrogens is 2. The second-order valence-corrected chi connectivity index (χ2v) is 6.25. The molecule has 134 valence electrons. The summed E-state index contributed by atoms with van der Waals surface area (Å²) in [7, 11) is 0. The summed E-state index contributed by atoms with van der Waals surface area (Å²) in [5, 5.41) is 1.24. The van der Waals surface area contributed by atoms with E-state index in [1.165, 1.54) is 0 Å². The molecule has 0 N–H and O–H groups in total. The van der Waals surface area contributed by atoms with Gasteiger partial charge in [0.05, 0.1) is 15.9 Å². The molecule has 26 heavy (non-hydrogen) atoms. The Morgan fingerprint density at radius 3 is 2.50 bits per heavy atom. The standard InChI is InChI=1S/C20H20ClN3O2/c1-4-24(5-2)20(25)26-19-14-10-6-7-12-16(14)22-18(23-19)17-13(3)9-8-11-15(17)21/h6-12H,4-5H2,1-3H3. The molecule has 0 saturated carbocycles. The summed E-state index contributed by atoms with van der Waals surface area (Å²) >= 11 is 6.37. The van der Waals surface area contributed by atoms with Gasteiger partial charge in [-0.2, -0.15) is 4.98 Å². The van der Waals surface area contributed by atoms with Crippen LogP contribution in [0.1, 0.15) is 19.4 Å². The van der Waals surface area contributed by atoms with Gasteiger partial charge in [0.2, 0.25) is 5.88 Å². The number of halogens is 1. The second-order valence-electron chi connectivity index (χ2n) is 5.84. The third-order valence-electron chi connectivity index (χ3n) is 4.22. The molecule has 1 aromatic heterocycles. The zero-order chi connectivity index (χ0) is 18.7. The van der Waals surface area contributed by atoms with Crippen molar-refractivity contribution in [3.8, 4) is 17.3 Å². The topological polar surface area (TPSA) is 55.3 Å². The van der Waals surface area contributed by atoms with Crippen LogP contribution < -0.4 is 4.74 Å². The van der Waals surface area contributed by atoms with Crippen LogP contribution in [-0.4, -0.2) is 34.1 Å². The number of fused-ring (bicyclic) bond motifs is 1. The van der Waals surface area contributed by atoms with E-state index in [9.17, 15) is 4.79 Å². The lowest BCUT2D eigenvalue weighted by molar-refractivity contribution is 0.156. The zero-order valence-electron chi connectivity index (χ0n) is 15.0. The number of carbonyl (C=O) groups is 1. The largest absolute Gasteiger partial charge is 0.416 e. The van der Waals surface area contributed by atoms with Crippen LogP contribution >= 0.6 is 11.6 Å². The van der Waals surface area contributed by atoms with Crippen LogP contribution in [0.4, 0.5) is 4.79 Å². The highest BCUT2D eigenvalue weighted by Crippen LogP contribution is 2.32. The molecule has 6 heteroatoms. The number of rotatable bonds is 4. The summed E-state index contributed by atoms with van der Waals surface area (Å²) in [5.41, 5.74) is 2.38. The predicted octanol–water partition coefficient (Wildman–Crippen LogP) is 5.10. The molecule has 0 spiro atoms. The van der Waals surface area contributed by atoms with E-state index in [1.807, 2.05) is 57.2 Å². The molecule has 1 amide bonds. The number of benzene rings is 2. The number of ether oxygens (including phenoxy) is 1. The van der Waals surface area contributed by atoms with Crippen molar-refractivity contribution in [2.75, 3.05) is 13.1 Å². The molecule has 0 aliphatic rings. The van der Waals surface area contributed by atoms with Crippen molar-refractivity contribution in [3.63, 3.8) is 0 Å². The molecule has 5 nitrogen and oxygen atoms in total. The first-order chi connectivity index (χ1) is 12.5. The van der Waals surface area contributed by atoms with Crippen LogP contribution in [0.15, 0.2) is 42.5 Å².